The Hall–Kier alpha value is -1.01. The normalized spacial score (nSPS) is 27.2. The summed E-state index contributed by atoms with van der Waals surface area (Å²) in [5, 5.41) is 10.1. The van der Waals surface area contributed by atoms with Crippen molar-refractivity contribution in [1.82, 2.24) is 15.5 Å². The van der Waals surface area contributed by atoms with Crippen molar-refractivity contribution in [2.75, 3.05) is 26.2 Å². The molecule has 26 heavy (non-hydrogen) atoms. The van der Waals surface area contributed by atoms with Crippen LogP contribution in [0.25, 0.3) is 0 Å². The zero-order valence-corrected chi connectivity index (χ0v) is 16.1. The average molecular weight is 365 g/mol. The van der Waals surface area contributed by atoms with Gasteiger partial charge < -0.3 is 15.5 Å². The smallest absolute Gasteiger partial charge is 0.240 e. The quantitative estimate of drug-likeness (QED) is 0.681. The number of amides is 1. The number of hydrogen-bond acceptors (Lipinski definition) is 5. The largest absolute Gasteiger partial charge is 0.334 e. The Labute approximate surface area is 157 Å². The monoisotopic (exact) mass is 364 g/mol. The molecule has 1 heterocycles. The van der Waals surface area contributed by atoms with Gasteiger partial charge in [0.2, 0.25) is 5.91 Å². The minimum absolute atomic E-state index is 0.0873. The Balaban J connectivity index is 1.66. The van der Waals surface area contributed by atoms with E-state index in [1.165, 1.54) is 64.2 Å². The predicted molar refractivity (Wildman–Crippen MR) is 104 cm³/mol. The number of rotatable bonds is 7. The molecule has 0 aromatic heterocycles. The van der Waals surface area contributed by atoms with Crippen molar-refractivity contribution >= 4 is 5.91 Å². The van der Waals surface area contributed by atoms with E-state index in [2.05, 4.69) is 15.8 Å². The fourth-order valence-corrected chi connectivity index (χ4v) is 5.05. The molecule has 2 saturated carbocycles. The van der Waals surface area contributed by atoms with E-state index < -0.39 is 0 Å². The van der Waals surface area contributed by atoms with Crippen molar-refractivity contribution in [3.63, 3.8) is 0 Å². The second-order valence-corrected chi connectivity index (χ2v) is 8.50. The standard InChI is InChI=1S/C20H36N4O2/c25-20(24-12-11-21-14-18(24)15-22-26)19(13-16-7-3-1-4-8-16)23-17-9-5-2-6-10-17/h16-19,21,23H,1-15H2/t18-,19+/m0/s1. The molecule has 0 aromatic carbocycles. The number of carbonyl (C=O) groups excluding carboxylic acids is 1. The Bertz CT molecular complexity index is 427. The molecule has 3 aliphatic rings. The van der Waals surface area contributed by atoms with E-state index in [-0.39, 0.29) is 24.5 Å². The molecular formula is C20H36N4O2. The first-order chi connectivity index (χ1) is 12.8. The molecule has 2 atom stereocenters. The van der Waals surface area contributed by atoms with Gasteiger partial charge in [0.1, 0.15) is 6.54 Å². The van der Waals surface area contributed by atoms with Crippen LogP contribution in [0.15, 0.2) is 5.18 Å². The predicted octanol–water partition coefficient (Wildman–Crippen LogP) is 2.81. The number of carbonyl (C=O) groups is 1. The molecule has 148 valence electrons. The molecule has 3 rings (SSSR count). The fourth-order valence-electron chi connectivity index (χ4n) is 5.05. The molecule has 0 bridgehead atoms. The van der Waals surface area contributed by atoms with Gasteiger partial charge in [0.25, 0.3) is 0 Å². The van der Waals surface area contributed by atoms with Crippen LogP contribution in [0.5, 0.6) is 0 Å². The van der Waals surface area contributed by atoms with Crippen LogP contribution in [-0.4, -0.2) is 55.1 Å². The molecule has 1 amide bonds. The van der Waals surface area contributed by atoms with Crippen LogP contribution in [0, 0.1) is 10.8 Å². The molecule has 3 fully saturated rings. The maximum atomic E-state index is 13.4. The highest BCUT2D eigenvalue weighted by atomic mass is 16.3. The Morgan fingerprint density at radius 1 is 1.08 bits per heavy atom. The minimum Gasteiger partial charge on any atom is -0.334 e. The van der Waals surface area contributed by atoms with Gasteiger partial charge in [0.15, 0.2) is 0 Å². The molecule has 2 N–H and O–H groups in total. The van der Waals surface area contributed by atoms with Crippen molar-refractivity contribution in [3.05, 3.63) is 4.91 Å². The van der Waals surface area contributed by atoms with Gasteiger partial charge in [0.05, 0.1) is 12.1 Å². The van der Waals surface area contributed by atoms with Gasteiger partial charge in [-0.2, -0.15) is 4.91 Å². The zero-order valence-electron chi connectivity index (χ0n) is 16.1. The van der Waals surface area contributed by atoms with Gasteiger partial charge in [-0.1, -0.05) is 56.5 Å². The van der Waals surface area contributed by atoms with Crippen molar-refractivity contribution in [1.29, 1.82) is 0 Å². The van der Waals surface area contributed by atoms with Crippen LogP contribution >= 0.6 is 0 Å². The molecule has 1 saturated heterocycles. The van der Waals surface area contributed by atoms with Gasteiger partial charge in [-0.15, -0.1) is 0 Å². The third-order valence-corrected chi connectivity index (χ3v) is 6.55. The lowest BCUT2D eigenvalue weighted by Gasteiger charge is -2.39. The van der Waals surface area contributed by atoms with E-state index in [1.54, 1.807) is 0 Å². The molecule has 0 aromatic rings. The van der Waals surface area contributed by atoms with Gasteiger partial charge in [-0.05, 0) is 25.2 Å². The zero-order chi connectivity index (χ0) is 18.2. The molecular weight excluding hydrogens is 328 g/mol. The third-order valence-electron chi connectivity index (χ3n) is 6.55. The van der Waals surface area contributed by atoms with Crippen LogP contribution in [0.4, 0.5) is 0 Å². The number of nitrogens with one attached hydrogen (secondary N) is 2. The Morgan fingerprint density at radius 2 is 1.77 bits per heavy atom. The molecule has 0 spiro atoms. The van der Waals surface area contributed by atoms with E-state index in [0.29, 0.717) is 25.0 Å². The average Bonchev–Trinajstić information content (AvgIpc) is 2.69. The summed E-state index contributed by atoms with van der Waals surface area (Å²) in [4.78, 5) is 26.2. The second-order valence-electron chi connectivity index (χ2n) is 8.50. The summed E-state index contributed by atoms with van der Waals surface area (Å²) < 4.78 is 0. The van der Waals surface area contributed by atoms with E-state index >= 15 is 0 Å². The van der Waals surface area contributed by atoms with Crippen molar-refractivity contribution in [2.45, 2.75) is 88.8 Å². The van der Waals surface area contributed by atoms with E-state index in [9.17, 15) is 9.70 Å². The maximum Gasteiger partial charge on any atom is 0.240 e. The van der Waals surface area contributed by atoms with Crippen LogP contribution in [0.2, 0.25) is 0 Å². The highest BCUT2D eigenvalue weighted by Crippen LogP contribution is 2.29. The molecule has 0 radical (unpaired) electrons. The summed E-state index contributed by atoms with van der Waals surface area (Å²) in [5.74, 6) is 0.871. The highest BCUT2D eigenvalue weighted by molar-refractivity contribution is 5.82. The van der Waals surface area contributed by atoms with Gasteiger partial charge >= 0.3 is 0 Å². The summed E-state index contributed by atoms with van der Waals surface area (Å²) in [5.41, 5.74) is 0. The number of nitrogens with zero attached hydrogens (tertiary/aromatic N) is 2. The highest BCUT2D eigenvalue weighted by Gasteiger charge is 2.34. The van der Waals surface area contributed by atoms with Crippen LogP contribution in [0.1, 0.15) is 70.6 Å². The number of hydrogen-bond donors (Lipinski definition) is 2. The first-order valence-electron chi connectivity index (χ1n) is 10.8. The first-order valence-corrected chi connectivity index (χ1v) is 10.8. The summed E-state index contributed by atoms with van der Waals surface area (Å²) in [7, 11) is 0. The number of piperazine rings is 1. The Kier molecular flexibility index (Phi) is 7.86. The van der Waals surface area contributed by atoms with Gasteiger partial charge in [0, 0.05) is 25.7 Å². The van der Waals surface area contributed by atoms with Crippen molar-refractivity contribution in [2.24, 2.45) is 11.1 Å². The Morgan fingerprint density at radius 3 is 2.46 bits per heavy atom. The van der Waals surface area contributed by atoms with E-state index in [4.69, 9.17) is 0 Å². The molecule has 1 aliphatic heterocycles. The van der Waals surface area contributed by atoms with Crippen molar-refractivity contribution in [3.8, 4) is 0 Å². The summed E-state index contributed by atoms with van der Waals surface area (Å²) in [6.07, 6.45) is 13.7. The van der Waals surface area contributed by atoms with Crippen molar-refractivity contribution < 1.29 is 4.79 Å². The fraction of sp³-hybridized carbons (Fsp3) is 0.950. The minimum atomic E-state index is -0.0894. The second kappa shape index (κ2) is 10.4. The van der Waals surface area contributed by atoms with Crippen LogP contribution < -0.4 is 10.6 Å². The topological polar surface area (TPSA) is 73.8 Å². The number of nitroso groups, excluding NO2 is 1. The van der Waals surface area contributed by atoms with Gasteiger partial charge in [-0.25, -0.2) is 0 Å². The summed E-state index contributed by atoms with van der Waals surface area (Å²) >= 11 is 0. The molecule has 6 heteroatoms. The summed E-state index contributed by atoms with van der Waals surface area (Å²) in [6, 6.07) is 0.302. The SMILES string of the molecule is O=NC[C@@H]1CNCCN1C(=O)[C@@H](CC1CCCCC1)NC1CCCCC1. The molecule has 2 aliphatic carbocycles. The van der Waals surface area contributed by atoms with Gasteiger partial charge in [-0.3, -0.25) is 4.79 Å². The van der Waals surface area contributed by atoms with E-state index in [1.807, 2.05) is 4.90 Å². The third kappa shape index (κ3) is 5.49. The van der Waals surface area contributed by atoms with E-state index in [0.717, 1.165) is 13.0 Å². The maximum absolute atomic E-state index is 13.4. The molecule has 6 nitrogen and oxygen atoms in total. The van der Waals surface area contributed by atoms with Crippen LogP contribution in [-0.2, 0) is 4.79 Å². The summed E-state index contributed by atoms with van der Waals surface area (Å²) in [6.45, 7) is 2.36. The first kappa shape index (κ1) is 19.7. The van der Waals surface area contributed by atoms with Crippen LogP contribution in [0.3, 0.4) is 0 Å². The lowest BCUT2D eigenvalue weighted by Crippen LogP contribution is -2.60. The molecule has 0 unspecified atom stereocenters. The lowest BCUT2D eigenvalue weighted by molar-refractivity contribution is -0.137. The lowest BCUT2D eigenvalue weighted by atomic mass is 9.84.